The zero-order valence-electron chi connectivity index (χ0n) is 13.3. The molecule has 2 aliphatic heterocycles. The molecule has 2 heterocycles. The van der Waals surface area contributed by atoms with Gasteiger partial charge >= 0.3 is 0 Å². The zero-order chi connectivity index (χ0) is 15.9. The van der Waals surface area contributed by atoms with Gasteiger partial charge < -0.3 is 20.1 Å². The van der Waals surface area contributed by atoms with Gasteiger partial charge in [0.1, 0.15) is 12.4 Å². The van der Waals surface area contributed by atoms with Crippen molar-refractivity contribution >= 4 is 23.4 Å². The number of rotatable bonds is 6. The summed E-state index contributed by atoms with van der Waals surface area (Å²) in [6, 6.07) is 7.84. The van der Waals surface area contributed by atoms with Gasteiger partial charge in [-0.2, -0.15) is 11.8 Å². The van der Waals surface area contributed by atoms with E-state index in [1.807, 2.05) is 36.0 Å². The van der Waals surface area contributed by atoms with E-state index in [-0.39, 0.29) is 18.1 Å². The standard InChI is InChI=1S/C17H24N2O3S/c20-17(10-14-12-23-8-6-18-14)19-13-3-1-4-15(9-13)22-11-16-5-2-7-21-16/h1,3-4,9,14,16,18H,2,5-8,10-12H2,(H,19,20). The SMILES string of the molecule is O=C(CC1CSCCN1)Nc1cccc(OCC2CCCO2)c1. The Morgan fingerprint density at radius 3 is 3.22 bits per heavy atom. The van der Waals surface area contributed by atoms with Crippen molar-refractivity contribution in [2.24, 2.45) is 0 Å². The summed E-state index contributed by atoms with van der Waals surface area (Å²) in [4.78, 5) is 12.1. The molecule has 23 heavy (non-hydrogen) atoms. The number of anilines is 1. The van der Waals surface area contributed by atoms with Gasteiger partial charge in [-0.05, 0) is 25.0 Å². The lowest BCUT2D eigenvalue weighted by molar-refractivity contribution is -0.116. The van der Waals surface area contributed by atoms with Crippen molar-refractivity contribution in [3.05, 3.63) is 24.3 Å². The van der Waals surface area contributed by atoms with Crippen molar-refractivity contribution in [1.82, 2.24) is 5.32 Å². The van der Waals surface area contributed by atoms with Crippen molar-refractivity contribution in [1.29, 1.82) is 0 Å². The van der Waals surface area contributed by atoms with E-state index >= 15 is 0 Å². The first kappa shape index (κ1) is 16.6. The lowest BCUT2D eigenvalue weighted by Gasteiger charge is -2.22. The number of nitrogens with one attached hydrogen (secondary N) is 2. The Labute approximate surface area is 141 Å². The van der Waals surface area contributed by atoms with E-state index < -0.39 is 0 Å². The van der Waals surface area contributed by atoms with E-state index in [9.17, 15) is 4.79 Å². The van der Waals surface area contributed by atoms with Gasteiger partial charge in [-0.25, -0.2) is 0 Å². The molecule has 0 bridgehead atoms. The highest BCUT2D eigenvalue weighted by molar-refractivity contribution is 7.99. The van der Waals surface area contributed by atoms with E-state index in [1.54, 1.807) is 0 Å². The minimum Gasteiger partial charge on any atom is -0.491 e. The van der Waals surface area contributed by atoms with Gasteiger partial charge in [0.05, 0.1) is 6.10 Å². The quantitative estimate of drug-likeness (QED) is 0.835. The van der Waals surface area contributed by atoms with Crippen LogP contribution in [-0.4, -0.2) is 49.3 Å². The average molecular weight is 336 g/mol. The number of benzene rings is 1. The Morgan fingerprint density at radius 2 is 2.43 bits per heavy atom. The van der Waals surface area contributed by atoms with Crippen LogP contribution in [0, 0.1) is 0 Å². The zero-order valence-corrected chi connectivity index (χ0v) is 14.1. The van der Waals surface area contributed by atoms with Gasteiger partial charge in [-0.1, -0.05) is 6.07 Å². The van der Waals surface area contributed by atoms with Gasteiger partial charge in [0.25, 0.3) is 0 Å². The molecule has 1 amide bonds. The Balaban J connectivity index is 1.47. The van der Waals surface area contributed by atoms with Crippen LogP contribution in [0.5, 0.6) is 5.75 Å². The van der Waals surface area contributed by atoms with E-state index in [2.05, 4.69) is 10.6 Å². The largest absolute Gasteiger partial charge is 0.491 e. The highest BCUT2D eigenvalue weighted by atomic mass is 32.2. The summed E-state index contributed by atoms with van der Waals surface area (Å²) in [6.07, 6.45) is 2.87. The molecule has 2 N–H and O–H groups in total. The molecule has 126 valence electrons. The van der Waals surface area contributed by atoms with Crippen molar-refractivity contribution in [3.8, 4) is 5.75 Å². The van der Waals surface area contributed by atoms with Gasteiger partial charge in [0.2, 0.25) is 5.91 Å². The van der Waals surface area contributed by atoms with E-state index in [0.29, 0.717) is 13.0 Å². The van der Waals surface area contributed by atoms with Crippen molar-refractivity contribution in [2.75, 3.05) is 36.6 Å². The molecule has 2 atom stereocenters. The molecule has 2 unspecified atom stereocenters. The fourth-order valence-electron chi connectivity index (χ4n) is 2.82. The van der Waals surface area contributed by atoms with E-state index in [4.69, 9.17) is 9.47 Å². The first-order valence-corrected chi connectivity index (χ1v) is 9.40. The smallest absolute Gasteiger partial charge is 0.225 e. The maximum atomic E-state index is 12.1. The summed E-state index contributed by atoms with van der Waals surface area (Å²) in [5.41, 5.74) is 0.781. The van der Waals surface area contributed by atoms with Crippen LogP contribution < -0.4 is 15.4 Å². The summed E-state index contributed by atoms with van der Waals surface area (Å²) in [6.45, 7) is 2.38. The number of amides is 1. The third-order valence-corrected chi connectivity index (χ3v) is 5.14. The topological polar surface area (TPSA) is 59.6 Å². The summed E-state index contributed by atoms with van der Waals surface area (Å²) >= 11 is 1.90. The van der Waals surface area contributed by atoms with Crippen LogP contribution in [0.25, 0.3) is 0 Å². The maximum absolute atomic E-state index is 12.1. The third-order valence-electron chi connectivity index (χ3n) is 4.01. The lowest BCUT2D eigenvalue weighted by Crippen LogP contribution is -2.39. The normalized spacial score (nSPS) is 24.3. The first-order chi connectivity index (χ1) is 11.3. The van der Waals surface area contributed by atoms with Crippen LogP contribution in [0.4, 0.5) is 5.69 Å². The second-order valence-electron chi connectivity index (χ2n) is 5.95. The molecule has 1 aromatic carbocycles. The van der Waals surface area contributed by atoms with Crippen molar-refractivity contribution in [3.63, 3.8) is 0 Å². The molecular formula is C17H24N2O3S. The summed E-state index contributed by atoms with van der Waals surface area (Å²) in [5, 5.41) is 6.34. The van der Waals surface area contributed by atoms with Gasteiger partial charge in [-0.3, -0.25) is 4.79 Å². The number of hydrogen-bond acceptors (Lipinski definition) is 5. The van der Waals surface area contributed by atoms with Gasteiger partial charge in [-0.15, -0.1) is 0 Å². The molecule has 6 heteroatoms. The first-order valence-electron chi connectivity index (χ1n) is 8.25. The van der Waals surface area contributed by atoms with E-state index in [1.165, 1.54) is 0 Å². The van der Waals surface area contributed by atoms with Gasteiger partial charge in [0, 0.05) is 48.9 Å². The number of carbonyl (C=O) groups is 1. The minimum atomic E-state index is 0.0428. The van der Waals surface area contributed by atoms with Crippen LogP contribution in [-0.2, 0) is 9.53 Å². The van der Waals surface area contributed by atoms with Crippen LogP contribution in [0.2, 0.25) is 0 Å². The summed E-state index contributed by atoms with van der Waals surface area (Å²) in [7, 11) is 0. The fraction of sp³-hybridized carbons (Fsp3) is 0.588. The number of carbonyl (C=O) groups excluding carboxylic acids is 1. The van der Waals surface area contributed by atoms with Gasteiger partial charge in [0.15, 0.2) is 0 Å². The molecular weight excluding hydrogens is 312 g/mol. The average Bonchev–Trinajstić information content (AvgIpc) is 3.07. The Kier molecular flexibility index (Phi) is 6.19. The minimum absolute atomic E-state index is 0.0428. The second-order valence-corrected chi connectivity index (χ2v) is 7.10. The fourth-order valence-corrected chi connectivity index (χ4v) is 3.76. The maximum Gasteiger partial charge on any atom is 0.225 e. The number of thioether (sulfide) groups is 1. The molecule has 1 aromatic rings. The highest BCUT2D eigenvalue weighted by Gasteiger charge is 2.17. The monoisotopic (exact) mass is 336 g/mol. The van der Waals surface area contributed by atoms with Crippen LogP contribution in [0.1, 0.15) is 19.3 Å². The lowest BCUT2D eigenvalue weighted by atomic mass is 10.2. The molecule has 0 saturated carbocycles. The molecule has 0 radical (unpaired) electrons. The molecule has 0 aliphatic carbocycles. The second kappa shape index (κ2) is 8.57. The third kappa shape index (κ3) is 5.41. The van der Waals surface area contributed by atoms with Crippen molar-refractivity contribution in [2.45, 2.75) is 31.4 Å². The predicted octanol–water partition coefficient (Wildman–Crippen LogP) is 2.28. The van der Waals surface area contributed by atoms with Crippen LogP contribution in [0.3, 0.4) is 0 Å². The Hall–Kier alpha value is -1.24. The van der Waals surface area contributed by atoms with Crippen molar-refractivity contribution < 1.29 is 14.3 Å². The van der Waals surface area contributed by atoms with Crippen LogP contribution in [0.15, 0.2) is 24.3 Å². The molecule has 0 spiro atoms. The molecule has 2 saturated heterocycles. The summed E-state index contributed by atoms with van der Waals surface area (Å²) < 4.78 is 11.3. The highest BCUT2D eigenvalue weighted by Crippen LogP contribution is 2.20. The van der Waals surface area contributed by atoms with Crippen LogP contribution >= 0.6 is 11.8 Å². The molecule has 5 nitrogen and oxygen atoms in total. The Morgan fingerprint density at radius 1 is 1.48 bits per heavy atom. The Bertz CT molecular complexity index is 514. The summed E-state index contributed by atoms with van der Waals surface area (Å²) in [5.74, 6) is 2.94. The molecule has 0 aromatic heterocycles. The number of hydrogen-bond donors (Lipinski definition) is 2. The molecule has 2 fully saturated rings. The number of ether oxygens (including phenoxy) is 2. The van der Waals surface area contributed by atoms with E-state index in [0.717, 1.165) is 48.9 Å². The molecule has 3 rings (SSSR count). The predicted molar refractivity (Wildman–Crippen MR) is 93.3 cm³/mol. The molecule has 2 aliphatic rings.